The molecule has 3 rings (SSSR count). The number of halogens is 1. The van der Waals surface area contributed by atoms with Crippen molar-refractivity contribution in [2.75, 3.05) is 12.4 Å². The van der Waals surface area contributed by atoms with Crippen LogP contribution in [-0.2, 0) is 0 Å². The van der Waals surface area contributed by atoms with E-state index in [9.17, 15) is 4.39 Å². The van der Waals surface area contributed by atoms with Crippen LogP contribution in [0.4, 0.5) is 10.1 Å². The number of anilines is 1. The molecule has 0 fully saturated rings. The lowest BCUT2D eigenvalue weighted by Gasteiger charge is -2.00. The number of hydrogen-bond acceptors (Lipinski definition) is 3. The topological polar surface area (TPSA) is 53.6 Å². The van der Waals surface area contributed by atoms with Crippen molar-refractivity contribution in [3.05, 3.63) is 54.6 Å². The molecule has 100 valence electrons. The Balaban J connectivity index is 1.93. The van der Waals surface area contributed by atoms with Gasteiger partial charge >= 0.3 is 0 Å². The van der Waals surface area contributed by atoms with Crippen LogP contribution in [0.15, 0.2) is 48.7 Å². The number of aromatic amines is 1. The molecular weight excluding hydrogens is 255 g/mol. The SMILES string of the molecule is CNc1ccc(-c2cc(-c3ccnc(F)c3)[nH]n2)cc1. The number of benzene rings is 1. The number of pyridine rings is 1. The van der Waals surface area contributed by atoms with E-state index in [-0.39, 0.29) is 0 Å². The molecule has 0 spiro atoms. The van der Waals surface area contributed by atoms with Gasteiger partial charge in [0.25, 0.3) is 0 Å². The zero-order valence-corrected chi connectivity index (χ0v) is 10.9. The molecule has 0 atom stereocenters. The van der Waals surface area contributed by atoms with Crippen LogP contribution in [0.3, 0.4) is 0 Å². The van der Waals surface area contributed by atoms with Crippen LogP contribution >= 0.6 is 0 Å². The monoisotopic (exact) mass is 268 g/mol. The number of nitrogens with one attached hydrogen (secondary N) is 2. The van der Waals surface area contributed by atoms with Crippen molar-refractivity contribution >= 4 is 5.69 Å². The third-order valence-corrected chi connectivity index (χ3v) is 3.08. The van der Waals surface area contributed by atoms with Gasteiger partial charge in [0, 0.05) is 36.1 Å². The van der Waals surface area contributed by atoms with Crippen LogP contribution in [0.5, 0.6) is 0 Å². The van der Waals surface area contributed by atoms with Gasteiger partial charge in [-0.3, -0.25) is 5.10 Å². The molecule has 0 aliphatic heterocycles. The molecule has 0 bridgehead atoms. The molecule has 0 aliphatic rings. The maximum atomic E-state index is 13.1. The van der Waals surface area contributed by atoms with E-state index >= 15 is 0 Å². The van der Waals surface area contributed by atoms with Crippen LogP contribution in [0.2, 0.25) is 0 Å². The van der Waals surface area contributed by atoms with E-state index in [4.69, 9.17) is 0 Å². The summed E-state index contributed by atoms with van der Waals surface area (Å²) in [5.41, 5.74) is 4.35. The Labute approximate surface area is 115 Å². The van der Waals surface area contributed by atoms with Crippen LogP contribution < -0.4 is 5.32 Å². The Hall–Kier alpha value is -2.69. The first-order valence-corrected chi connectivity index (χ1v) is 6.22. The van der Waals surface area contributed by atoms with E-state index in [1.165, 1.54) is 12.3 Å². The lowest BCUT2D eigenvalue weighted by atomic mass is 10.1. The van der Waals surface area contributed by atoms with Gasteiger partial charge in [-0.05, 0) is 24.3 Å². The summed E-state index contributed by atoms with van der Waals surface area (Å²) in [5, 5.41) is 10.2. The van der Waals surface area contributed by atoms with Crippen LogP contribution in [0, 0.1) is 5.95 Å². The number of rotatable bonds is 3. The number of H-pyrrole nitrogens is 1. The number of aromatic nitrogens is 3. The van der Waals surface area contributed by atoms with Gasteiger partial charge in [-0.25, -0.2) is 4.98 Å². The minimum atomic E-state index is -0.503. The summed E-state index contributed by atoms with van der Waals surface area (Å²) in [6.07, 6.45) is 1.44. The lowest BCUT2D eigenvalue weighted by molar-refractivity contribution is 0.584. The van der Waals surface area contributed by atoms with Gasteiger partial charge in [-0.15, -0.1) is 0 Å². The second kappa shape index (κ2) is 5.13. The minimum absolute atomic E-state index is 0.503. The first-order valence-electron chi connectivity index (χ1n) is 6.22. The van der Waals surface area contributed by atoms with Crippen molar-refractivity contribution in [3.63, 3.8) is 0 Å². The van der Waals surface area contributed by atoms with Gasteiger partial charge in [0.15, 0.2) is 0 Å². The molecule has 2 heterocycles. The normalized spacial score (nSPS) is 10.5. The van der Waals surface area contributed by atoms with Crippen molar-refractivity contribution in [2.45, 2.75) is 0 Å². The zero-order chi connectivity index (χ0) is 13.9. The highest BCUT2D eigenvalue weighted by molar-refractivity contribution is 5.69. The van der Waals surface area contributed by atoms with Crippen molar-refractivity contribution in [3.8, 4) is 22.5 Å². The van der Waals surface area contributed by atoms with Crippen LogP contribution in [0.1, 0.15) is 0 Å². The fourth-order valence-corrected chi connectivity index (χ4v) is 2.00. The van der Waals surface area contributed by atoms with Crippen molar-refractivity contribution in [1.29, 1.82) is 0 Å². The molecule has 0 amide bonds. The molecule has 4 nitrogen and oxygen atoms in total. The predicted octanol–water partition coefficient (Wildman–Crippen LogP) is 3.32. The molecule has 2 aromatic heterocycles. The lowest BCUT2D eigenvalue weighted by Crippen LogP contribution is -1.86. The summed E-state index contributed by atoms with van der Waals surface area (Å²) < 4.78 is 13.1. The Morgan fingerprint density at radius 1 is 1.05 bits per heavy atom. The molecule has 0 radical (unpaired) electrons. The molecule has 0 aliphatic carbocycles. The molecule has 3 aromatic rings. The summed E-state index contributed by atoms with van der Waals surface area (Å²) in [6.45, 7) is 0. The van der Waals surface area contributed by atoms with Gasteiger partial charge < -0.3 is 5.32 Å². The Morgan fingerprint density at radius 3 is 2.55 bits per heavy atom. The summed E-state index contributed by atoms with van der Waals surface area (Å²) in [7, 11) is 1.87. The third-order valence-electron chi connectivity index (χ3n) is 3.08. The van der Waals surface area contributed by atoms with E-state index in [0.29, 0.717) is 0 Å². The number of nitrogens with zero attached hydrogens (tertiary/aromatic N) is 2. The fourth-order valence-electron chi connectivity index (χ4n) is 2.00. The average Bonchev–Trinajstić information content (AvgIpc) is 2.97. The highest BCUT2D eigenvalue weighted by Crippen LogP contribution is 2.24. The zero-order valence-electron chi connectivity index (χ0n) is 10.9. The maximum Gasteiger partial charge on any atom is 0.213 e. The largest absolute Gasteiger partial charge is 0.388 e. The Morgan fingerprint density at radius 2 is 1.85 bits per heavy atom. The molecule has 0 saturated carbocycles. The van der Waals surface area contributed by atoms with Gasteiger partial charge in [0.1, 0.15) is 0 Å². The van der Waals surface area contributed by atoms with Crippen molar-refractivity contribution in [2.24, 2.45) is 0 Å². The van der Waals surface area contributed by atoms with E-state index in [2.05, 4.69) is 20.5 Å². The predicted molar refractivity (Wildman–Crippen MR) is 76.8 cm³/mol. The first kappa shape index (κ1) is 12.3. The molecule has 1 aromatic carbocycles. The first-order chi connectivity index (χ1) is 9.76. The summed E-state index contributed by atoms with van der Waals surface area (Å²) in [5.74, 6) is -0.503. The summed E-state index contributed by atoms with van der Waals surface area (Å²) in [4.78, 5) is 3.54. The van der Waals surface area contributed by atoms with Gasteiger partial charge in [-0.1, -0.05) is 12.1 Å². The molecule has 5 heteroatoms. The molecule has 20 heavy (non-hydrogen) atoms. The molecule has 2 N–H and O–H groups in total. The quantitative estimate of drug-likeness (QED) is 0.716. The second-order valence-electron chi connectivity index (χ2n) is 4.36. The fraction of sp³-hybridized carbons (Fsp3) is 0.0667. The van der Waals surface area contributed by atoms with Gasteiger partial charge in [0.2, 0.25) is 5.95 Å². The highest BCUT2D eigenvalue weighted by atomic mass is 19.1. The number of hydrogen-bond donors (Lipinski definition) is 2. The highest BCUT2D eigenvalue weighted by Gasteiger charge is 2.06. The average molecular weight is 268 g/mol. The van der Waals surface area contributed by atoms with E-state index < -0.39 is 5.95 Å². The smallest absolute Gasteiger partial charge is 0.213 e. The van der Waals surface area contributed by atoms with E-state index in [1.807, 2.05) is 37.4 Å². The second-order valence-corrected chi connectivity index (χ2v) is 4.36. The van der Waals surface area contributed by atoms with Crippen molar-refractivity contribution < 1.29 is 4.39 Å². The van der Waals surface area contributed by atoms with Crippen molar-refractivity contribution in [1.82, 2.24) is 15.2 Å². The summed E-state index contributed by atoms with van der Waals surface area (Å²) >= 11 is 0. The van der Waals surface area contributed by atoms with Gasteiger partial charge in [0.05, 0.1) is 11.4 Å². The van der Waals surface area contributed by atoms with E-state index in [0.717, 1.165) is 28.2 Å². The Bertz CT molecular complexity index is 719. The van der Waals surface area contributed by atoms with Crippen LogP contribution in [-0.4, -0.2) is 22.2 Å². The summed E-state index contributed by atoms with van der Waals surface area (Å²) in [6, 6.07) is 12.9. The molecular formula is C15H13FN4. The Kier molecular flexibility index (Phi) is 3.16. The van der Waals surface area contributed by atoms with Crippen LogP contribution in [0.25, 0.3) is 22.5 Å². The minimum Gasteiger partial charge on any atom is -0.388 e. The maximum absolute atomic E-state index is 13.1. The van der Waals surface area contributed by atoms with Gasteiger partial charge in [-0.2, -0.15) is 9.49 Å². The third kappa shape index (κ3) is 2.38. The van der Waals surface area contributed by atoms with E-state index in [1.54, 1.807) is 6.07 Å². The standard InChI is InChI=1S/C15H13FN4/c1-17-12-4-2-10(3-5-12)13-9-14(20-19-13)11-6-7-18-15(16)8-11/h2-9,17H,1H3,(H,19,20). The molecule has 0 unspecified atom stereocenters. The molecule has 0 saturated heterocycles.